The highest BCUT2D eigenvalue weighted by molar-refractivity contribution is 7.89. The van der Waals surface area contributed by atoms with Crippen LogP contribution in [0.3, 0.4) is 0 Å². The molecule has 4 rings (SSSR count). The molecule has 0 saturated carbocycles. The summed E-state index contributed by atoms with van der Waals surface area (Å²) in [7, 11) is -2.01. The summed E-state index contributed by atoms with van der Waals surface area (Å²) in [6.45, 7) is 1.53. The Hall–Kier alpha value is -2.00. The van der Waals surface area contributed by atoms with E-state index in [0.717, 1.165) is 35.3 Å². The van der Waals surface area contributed by atoms with Crippen molar-refractivity contribution >= 4 is 31.6 Å². The molecular weight excluding hydrogens is 396 g/mol. The van der Waals surface area contributed by atoms with Crippen LogP contribution in [-0.2, 0) is 27.2 Å². The minimum Gasteiger partial charge on any atom is -0.381 e. The zero-order valence-electron chi connectivity index (χ0n) is 15.6. The van der Waals surface area contributed by atoms with Gasteiger partial charge in [0.25, 0.3) is 0 Å². The first-order valence-corrected chi connectivity index (χ1v) is 11.4. The third kappa shape index (κ3) is 3.53. The van der Waals surface area contributed by atoms with E-state index in [9.17, 15) is 13.2 Å². The zero-order valence-corrected chi connectivity index (χ0v) is 17.2. The topological polar surface area (TPSA) is 77.4 Å². The number of rotatable bonds is 5. The van der Waals surface area contributed by atoms with Crippen LogP contribution in [0.25, 0.3) is 10.2 Å². The molecule has 1 fully saturated rings. The average Bonchev–Trinajstić information content (AvgIpc) is 3.01. The number of hydrogen-bond acceptors (Lipinski definition) is 5. The van der Waals surface area contributed by atoms with E-state index in [1.165, 1.54) is 4.57 Å². The quantitative estimate of drug-likeness (QED) is 0.691. The molecule has 0 aliphatic carbocycles. The molecule has 6 nitrogen and oxygen atoms in total. The van der Waals surface area contributed by atoms with Crippen LogP contribution in [0.2, 0.25) is 0 Å². The highest BCUT2D eigenvalue weighted by Crippen LogP contribution is 2.34. The number of aryl methyl sites for hydroxylation is 1. The maximum Gasteiger partial charge on any atom is 0.307 e. The highest BCUT2D eigenvalue weighted by Gasteiger charge is 2.35. The van der Waals surface area contributed by atoms with E-state index in [1.807, 2.05) is 30.3 Å². The molecule has 2 heterocycles. The molecule has 0 bridgehead atoms. The Labute approximate surface area is 167 Å². The molecule has 2 aromatic carbocycles. The van der Waals surface area contributed by atoms with Crippen LogP contribution in [0, 0.1) is 0 Å². The molecule has 1 aromatic heterocycles. The first-order chi connectivity index (χ1) is 13.4. The Morgan fingerprint density at radius 3 is 2.57 bits per heavy atom. The van der Waals surface area contributed by atoms with Crippen LogP contribution in [0.1, 0.15) is 18.4 Å². The van der Waals surface area contributed by atoms with Gasteiger partial charge >= 0.3 is 4.87 Å². The maximum atomic E-state index is 13.0. The maximum absolute atomic E-state index is 13.0. The zero-order chi connectivity index (χ0) is 19.8. The minimum atomic E-state index is -3.70. The molecule has 1 aliphatic rings. The van der Waals surface area contributed by atoms with Crippen molar-refractivity contribution in [2.75, 3.05) is 19.8 Å². The van der Waals surface area contributed by atoms with Crippen LogP contribution in [-0.4, -0.2) is 32.7 Å². The number of ether oxygens (including phenoxy) is 1. The third-order valence-electron chi connectivity index (χ3n) is 5.51. The molecule has 0 spiro atoms. The second-order valence-corrected chi connectivity index (χ2v) is 9.90. The van der Waals surface area contributed by atoms with Gasteiger partial charge in [0.1, 0.15) is 0 Å². The van der Waals surface area contributed by atoms with Gasteiger partial charge in [0.2, 0.25) is 10.0 Å². The number of fused-ring (bicyclic) bond motifs is 1. The summed E-state index contributed by atoms with van der Waals surface area (Å²) in [5, 5.41) is 0. The summed E-state index contributed by atoms with van der Waals surface area (Å²) in [5.74, 6) is 0. The molecule has 148 valence electrons. The predicted octanol–water partition coefficient (Wildman–Crippen LogP) is 2.63. The summed E-state index contributed by atoms with van der Waals surface area (Å²) in [6, 6.07) is 14.8. The van der Waals surface area contributed by atoms with Crippen LogP contribution in [0.4, 0.5) is 0 Å². The standard InChI is InChI=1S/C20H22N2O4S2/c1-22-17-8-7-16(13-18(17)27-19(22)23)28(24,25)21-14-20(9-11-26-12-10-20)15-5-3-2-4-6-15/h2-8,13,21H,9-12,14H2,1H3. The summed E-state index contributed by atoms with van der Waals surface area (Å²) in [5.41, 5.74) is 1.57. The van der Waals surface area contributed by atoms with Gasteiger partial charge in [-0.25, -0.2) is 13.1 Å². The number of thiazole rings is 1. The summed E-state index contributed by atoms with van der Waals surface area (Å²) in [4.78, 5) is 11.9. The number of aromatic nitrogens is 1. The van der Waals surface area contributed by atoms with Gasteiger partial charge in [-0.1, -0.05) is 41.7 Å². The number of benzene rings is 2. The van der Waals surface area contributed by atoms with Crippen molar-refractivity contribution in [3.63, 3.8) is 0 Å². The van der Waals surface area contributed by atoms with Gasteiger partial charge in [-0.3, -0.25) is 4.79 Å². The van der Waals surface area contributed by atoms with E-state index in [4.69, 9.17) is 4.74 Å². The fourth-order valence-corrected chi connectivity index (χ4v) is 5.87. The van der Waals surface area contributed by atoms with E-state index < -0.39 is 10.0 Å². The Bertz CT molecular complexity index is 1140. The molecule has 8 heteroatoms. The Morgan fingerprint density at radius 2 is 1.86 bits per heavy atom. The number of hydrogen-bond donors (Lipinski definition) is 1. The molecule has 0 radical (unpaired) electrons. The van der Waals surface area contributed by atoms with Crippen LogP contribution < -0.4 is 9.60 Å². The molecule has 0 atom stereocenters. The van der Waals surface area contributed by atoms with E-state index in [0.29, 0.717) is 24.5 Å². The van der Waals surface area contributed by atoms with Crippen molar-refractivity contribution in [2.45, 2.75) is 23.2 Å². The van der Waals surface area contributed by atoms with Crippen molar-refractivity contribution in [3.05, 3.63) is 63.8 Å². The lowest BCUT2D eigenvalue weighted by molar-refractivity contribution is 0.0517. The number of nitrogens with zero attached hydrogens (tertiary/aromatic N) is 1. The lowest BCUT2D eigenvalue weighted by atomic mass is 9.74. The van der Waals surface area contributed by atoms with Crippen molar-refractivity contribution in [1.29, 1.82) is 0 Å². The van der Waals surface area contributed by atoms with Crippen molar-refractivity contribution in [2.24, 2.45) is 7.05 Å². The lowest BCUT2D eigenvalue weighted by Gasteiger charge is -2.37. The summed E-state index contributed by atoms with van der Waals surface area (Å²) in [6.07, 6.45) is 1.53. The van der Waals surface area contributed by atoms with Gasteiger partial charge in [-0.15, -0.1) is 0 Å². The van der Waals surface area contributed by atoms with Crippen molar-refractivity contribution in [3.8, 4) is 0 Å². The molecule has 0 amide bonds. The predicted molar refractivity (Wildman–Crippen MR) is 110 cm³/mol. The summed E-state index contributed by atoms with van der Waals surface area (Å²) >= 11 is 1.05. The van der Waals surface area contributed by atoms with Gasteiger partial charge in [0.05, 0.1) is 15.1 Å². The van der Waals surface area contributed by atoms with Gasteiger partial charge < -0.3 is 9.30 Å². The molecule has 0 unspecified atom stereocenters. The Morgan fingerprint density at radius 1 is 1.14 bits per heavy atom. The van der Waals surface area contributed by atoms with Crippen molar-refractivity contribution < 1.29 is 13.2 Å². The second kappa shape index (κ2) is 7.44. The van der Waals surface area contributed by atoms with E-state index in [-0.39, 0.29) is 15.2 Å². The fraction of sp³-hybridized carbons (Fsp3) is 0.350. The smallest absolute Gasteiger partial charge is 0.307 e. The molecular formula is C20H22N2O4S2. The van der Waals surface area contributed by atoms with Crippen LogP contribution in [0.5, 0.6) is 0 Å². The van der Waals surface area contributed by atoms with E-state index >= 15 is 0 Å². The van der Waals surface area contributed by atoms with Gasteiger partial charge in [-0.2, -0.15) is 0 Å². The highest BCUT2D eigenvalue weighted by atomic mass is 32.2. The first-order valence-electron chi connectivity index (χ1n) is 9.14. The average molecular weight is 419 g/mol. The van der Waals surface area contributed by atoms with Gasteiger partial charge in [0, 0.05) is 32.2 Å². The van der Waals surface area contributed by atoms with E-state index in [1.54, 1.807) is 25.2 Å². The number of sulfonamides is 1. The molecule has 3 aromatic rings. The molecule has 1 N–H and O–H groups in total. The normalized spacial score (nSPS) is 17.0. The monoisotopic (exact) mass is 418 g/mol. The Balaban J connectivity index is 1.62. The second-order valence-electron chi connectivity index (χ2n) is 7.14. The molecule has 1 saturated heterocycles. The Kier molecular flexibility index (Phi) is 5.13. The fourth-order valence-electron chi connectivity index (χ4n) is 3.72. The van der Waals surface area contributed by atoms with Crippen LogP contribution in [0.15, 0.2) is 58.2 Å². The van der Waals surface area contributed by atoms with E-state index in [2.05, 4.69) is 4.72 Å². The van der Waals surface area contributed by atoms with Gasteiger partial charge in [0.15, 0.2) is 0 Å². The SMILES string of the molecule is Cn1c(=O)sc2cc(S(=O)(=O)NCC3(c4ccccc4)CCOCC3)ccc21. The first kappa shape index (κ1) is 19.3. The summed E-state index contributed by atoms with van der Waals surface area (Å²) < 4.78 is 36.4. The molecule has 1 aliphatic heterocycles. The minimum absolute atomic E-state index is 0.109. The van der Waals surface area contributed by atoms with Gasteiger partial charge in [-0.05, 0) is 36.6 Å². The third-order valence-corrected chi connectivity index (χ3v) is 7.91. The van der Waals surface area contributed by atoms with Crippen molar-refractivity contribution in [1.82, 2.24) is 9.29 Å². The molecule has 28 heavy (non-hydrogen) atoms. The number of nitrogens with one attached hydrogen (secondary N) is 1. The largest absolute Gasteiger partial charge is 0.381 e. The lowest BCUT2D eigenvalue weighted by Crippen LogP contribution is -2.44. The van der Waals surface area contributed by atoms with Crippen LogP contribution >= 0.6 is 11.3 Å².